The van der Waals surface area contributed by atoms with Crippen molar-refractivity contribution in [1.82, 2.24) is 10.5 Å². The Hall–Kier alpha value is -3.09. The zero-order valence-electron chi connectivity index (χ0n) is 23.0. The van der Waals surface area contributed by atoms with E-state index in [0.717, 1.165) is 54.2 Å². The first-order chi connectivity index (χ1) is 18.1. The average molecular weight is 544 g/mol. The van der Waals surface area contributed by atoms with Crippen LogP contribution in [0.25, 0.3) is 0 Å². The summed E-state index contributed by atoms with van der Waals surface area (Å²) < 4.78 is 32.6. The Morgan fingerprint density at radius 1 is 1.08 bits per heavy atom. The van der Waals surface area contributed by atoms with E-state index in [1.54, 1.807) is 28.5 Å². The highest BCUT2D eigenvalue weighted by Crippen LogP contribution is 2.34. The standard InChI is InChI=1S/C26H31F2N2OP.C3H9N3/c1-4-5-22-16-20(9-12-24(22)31-3)14-15-30(25-13-6-19(2)17-29-25)18-21-7-10-23(11-8-21)26(27,28)32;1-3(2)5-6-4/h6-13,16-17H,4-5,14-15,18,32H2,1-3H3;6H,4H2,1-2H3. The molecule has 6 nitrogen and oxygen atoms in total. The van der Waals surface area contributed by atoms with Crippen molar-refractivity contribution in [2.45, 2.75) is 59.2 Å². The van der Waals surface area contributed by atoms with Gasteiger partial charge < -0.3 is 9.64 Å². The first-order valence-electron chi connectivity index (χ1n) is 12.6. The molecule has 1 aromatic heterocycles. The van der Waals surface area contributed by atoms with Crippen LogP contribution in [0, 0.1) is 6.92 Å². The summed E-state index contributed by atoms with van der Waals surface area (Å²) in [6, 6.07) is 16.9. The summed E-state index contributed by atoms with van der Waals surface area (Å²) in [5, 5.41) is 3.57. The van der Waals surface area contributed by atoms with Gasteiger partial charge in [-0.2, -0.15) is 13.9 Å². The molecule has 9 heteroatoms. The smallest absolute Gasteiger partial charge is 0.283 e. The molecule has 0 bridgehead atoms. The van der Waals surface area contributed by atoms with Crippen LogP contribution in [-0.2, 0) is 25.1 Å². The monoisotopic (exact) mass is 543 g/mol. The number of anilines is 1. The van der Waals surface area contributed by atoms with Crippen molar-refractivity contribution in [2.24, 2.45) is 10.9 Å². The third-order valence-electron chi connectivity index (χ3n) is 5.75. The van der Waals surface area contributed by atoms with Crippen molar-refractivity contribution >= 4 is 20.8 Å². The number of hydrogen-bond donors (Lipinski definition) is 2. The van der Waals surface area contributed by atoms with Gasteiger partial charge in [-0.05, 0) is 68.0 Å². The van der Waals surface area contributed by atoms with Crippen LogP contribution in [0.2, 0.25) is 0 Å². The van der Waals surface area contributed by atoms with Gasteiger partial charge in [0.25, 0.3) is 5.66 Å². The van der Waals surface area contributed by atoms with E-state index >= 15 is 0 Å². The fourth-order valence-electron chi connectivity index (χ4n) is 3.82. The summed E-state index contributed by atoms with van der Waals surface area (Å²) in [5.74, 6) is 6.59. The number of benzene rings is 2. The zero-order valence-corrected chi connectivity index (χ0v) is 24.1. The molecule has 0 saturated heterocycles. The number of hydrogen-bond acceptors (Lipinski definition) is 6. The average Bonchev–Trinajstić information content (AvgIpc) is 2.87. The zero-order chi connectivity index (χ0) is 28.1. The Morgan fingerprint density at radius 3 is 2.26 bits per heavy atom. The summed E-state index contributed by atoms with van der Waals surface area (Å²) in [6.45, 7) is 9.25. The van der Waals surface area contributed by atoms with Gasteiger partial charge >= 0.3 is 0 Å². The largest absolute Gasteiger partial charge is 0.496 e. The highest BCUT2D eigenvalue weighted by atomic mass is 31.0. The molecular formula is C29H40F2N5OP. The van der Waals surface area contributed by atoms with Crippen LogP contribution < -0.4 is 21.0 Å². The molecule has 0 saturated carbocycles. The van der Waals surface area contributed by atoms with Crippen molar-refractivity contribution in [1.29, 1.82) is 0 Å². The number of ether oxygens (including phenoxy) is 1. The quantitative estimate of drug-likeness (QED) is 0.127. The van der Waals surface area contributed by atoms with E-state index in [4.69, 9.17) is 10.6 Å². The van der Waals surface area contributed by atoms with Crippen molar-refractivity contribution in [3.8, 4) is 5.75 Å². The number of nitrogens with zero attached hydrogens (tertiary/aromatic N) is 3. The molecule has 0 spiro atoms. The summed E-state index contributed by atoms with van der Waals surface area (Å²) in [7, 11) is 3.29. The number of pyridine rings is 1. The van der Waals surface area contributed by atoms with Crippen LogP contribution in [0.4, 0.5) is 14.6 Å². The lowest BCUT2D eigenvalue weighted by atomic mass is 10.0. The van der Waals surface area contributed by atoms with Gasteiger partial charge in [-0.3, -0.25) is 0 Å². The highest BCUT2D eigenvalue weighted by Gasteiger charge is 2.24. The Kier molecular flexibility index (Phi) is 12.6. The highest BCUT2D eigenvalue weighted by molar-refractivity contribution is 7.17. The van der Waals surface area contributed by atoms with Crippen LogP contribution in [0.5, 0.6) is 5.75 Å². The molecule has 3 aromatic rings. The fourth-order valence-corrected chi connectivity index (χ4v) is 4.01. The second-order valence-electron chi connectivity index (χ2n) is 9.27. The molecular weight excluding hydrogens is 503 g/mol. The minimum Gasteiger partial charge on any atom is -0.496 e. The van der Waals surface area contributed by atoms with Crippen LogP contribution in [0.3, 0.4) is 0 Å². The van der Waals surface area contributed by atoms with Crippen molar-refractivity contribution < 1.29 is 13.5 Å². The topological polar surface area (TPSA) is 75.8 Å². The van der Waals surface area contributed by atoms with E-state index < -0.39 is 5.66 Å². The van der Waals surface area contributed by atoms with Crippen LogP contribution in [-0.4, -0.2) is 24.4 Å². The first-order valence-corrected chi connectivity index (χ1v) is 13.2. The van der Waals surface area contributed by atoms with Gasteiger partial charge in [0, 0.05) is 30.6 Å². The van der Waals surface area contributed by atoms with Gasteiger partial charge in [-0.1, -0.05) is 65.0 Å². The number of aryl methyl sites for hydroxylation is 2. The summed E-state index contributed by atoms with van der Waals surface area (Å²) in [6.07, 6.45) is 4.74. The predicted octanol–water partition coefficient (Wildman–Crippen LogP) is 6.37. The molecule has 0 amide bonds. The van der Waals surface area contributed by atoms with Crippen molar-refractivity contribution in [3.63, 3.8) is 0 Å². The molecule has 1 atom stereocenters. The molecule has 1 unspecified atom stereocenters. The van der Waals surface area contributed by atoms with Gasteiger partial charge in [-0.25, -0.2) is 16.4 Å². The number of alkyl halides is 2. The SMILES string of the molecule is CC(C)=NNN.CCCc1cc(CCN(Cc2ccc(C(F)(F)P)cc2)c2ccc(C)cn2)ccc1OC. The Balaban J connectivity index is 0.000000757. The number of nitrogens with two attached hydrogens (primary N) is 1. The number of methoxy groups -OCH3 is 1. The van der Waals surface area contributed by atoms with Crippen LogP contribution in [0.1, 0.15) is 55.0 Å². The Morgan fingerprint density at radius 2 is 1.76 bits per heavy atom. The maximum atomic E-state index is 13.5. The van der Waals surface area contributed by atoms with E-state index in [9.17, 15) is 8.78 Å². The Bertz CT molecular complexity index is 1150. The van der Waals surface area contributed by atoms with Gasteiger partial charge in [0.2, 0.25) is 0 Å². The number of rotatable bonds is 11. The third-order valence-corrected chi connectivity index (χ3v) is 6.09. The number of aromatic nitrogens is 1. The van der Waals surface area contributed by atoms with Crippen LogP contribution in [0.15, 0.2) is 65.9 Å². The van der Waals surface area contributed by atoms with Crippen LogP contribution >= 0.6 is 9.24 Å². The predicted molar refractivity (Wildman–Crippen MR) is 157 cm³/mol. The molecule has 0 radical (unpaired) electrons. The number of hydrazone groups is 1. The van der Waals surface area contributed by atoms with E-state index in [2.05, 4.69) is 39.6 Å². The molecule has 206 valence electrons. The lowest BCUT2D eigenvalue weighted by molar-refractivity contribution is 0.104. The third kappa shape index (κ3) is 10.3. The van der Waals surface area contributed by atoms with Crippen molar-refractivity contribution in [2.75, 3.05) is 18.6 Å². The molecule has 0 fully saturated rings. The second kappa shape index (κ2) is 15.4. The number of hydrazine groups is 1. The lowest BCUT2D eigenvalue weighted by Crippen LogP contribution is -2.26. The molecule has 38 heavy (non-hydrogen) atoms. The van der Waals surface area contributed by atoms with E-state index in [-0.39, 0.29) is 5.56 Å². The number of nitrogens with one attached hydrogen (secondary N) is 1. The van der Waals surface area contributed by atoms with E-state index in [0.29, 0.717) is 6.54 Å². The molecule has 1 heterocycles. The second-order valence-corrected chi connectivity index (χ2v) is 9.99. The van der Waals surface area contributed by atoms with E-state index in [1.807, 2.05) is 45.2 Å². The van der Waals surface area contributed by atoms with Gasteiger partial charge in [-0.15, -0.1) is 0 Å². The van der Waals surface area contributed by atoms with Gasteiger partial charge in [0.05, 0.1) is 7.11 Å². The molecule has 0 aliphatic carbocycles. The summed E-state index contributed by atoms with van der Waals surface area (Å²) >= 11 is 0. The molecule has 3 rings (SSSR count). The minimum atomic E-state index is -2.92. The molecule has 0 aliphatic heterocycles. The normalized spacial score (nSPS) is 10.8. The fraction of sp³-hybridized carbons (Fsp3) is 0.379. The Labute approximate surface area is 227 Å². The minimum absolute atomic E-state index is 0.00653. The van der Waals surface area contributed by atoms with Gasteiger partial charge in [0.1, 0.15) is 11.6 Å². The molecule has 0 aliphatic rings. The summed E-state index contributed by atoms with van der Waals surface area (Å²) in [5.41, 5.74) is 4.69. The first kappa shape index (κ1) is 31.1. The molecule has 2 aromatic carbocycles. The summed E-state index contributed by atoms with van der Waals surface area (Å²) in [4.78, 5) is 6.79. The molecule has 3 N–H and O–H groups in total. The lowest BCUT2D eigenvalue weighted by Gasteiger charge is -2.25. The maximum Gasteiger partial charge on any atom is 0.283 e. The van der Waals surface area contributed by atoms with Crippen molar-refractivity contribution in [3.05, 3.63) is 88.6 Å². The van der Waals surface area contributed by atoms with E-state index in [1.165, 1.54) is 23.3 Å². The number of halogens is 2. The van der Waals surface area contributed by atoms with Gasteiger partial charge in [0.15, 0.2) is 0 Å². The maximum absolute atomic E-state index is 13.5.